The van der Waals surface area contributed by atoms with Gasteiger partial charge < -0.3 is 15.0 Å². The topological polar surface area (TPSA) is 37.4 Å². The SMILES string of the molecule is CCCNC(C)c1sc(N(C)CC2CCCCO2)nc1C. The average molecular weight is 311 g/mol. The molecule has 1 aliphatic heterocycles. The second-order valence-electron chi connectivity index (χ2n) is 5.99. The molecular weight excluding hydrogens is 282 g/mol. The number of nitrogens with one attached hydrogen (secondary N) is 1. The van der Waals surface area contributed by atoms with Gasteiger partial charge in [0.2, 0.25) is 0 Å². The summed E-state index contributed by atoms with van der Waals surface area (Å²) in [5.74, 6) is 0. The van der Waals surface area contributed by atoms with Crippen molar-refractivity contribution in [1.82, 2.24) is 10.3 Å². The molecule has 1 aliphatic rings. The van der Waals surface area contributed by atoms with E-state index in [1.807, 2.05) is 11.3 Å². The van der Waals surface area contributed by atoms with Gasteiger partial charge in [0.05, 0.1) is 11.8 Å². The second-order valence-corrected chi connectivity index (χ2v) is 7.00. The Kier molecular flexibility index (Phi) is 6.45. The van der Waals surface area contributed by atoms with Crippen LogP contribution in [0.4, 0.5) is 5.13 Å². The van der Waals surface area contributed by atoms with Crippen LogP contribution in [-0.2, 0) is 4.74 Å². The minimum absolute atomic E-state index is 0.368. The molecule has 120 valence electrons. The summed E-state index contributed by atoms with van der Waals surface area (Å²) in [5.41, 5.74) is 1.16. The lowest BCUT2D eigenvalue weighted by atomic mass is 10.1. The van der Waals surface area contributed by atoms with Crippen molar-refractivity contribution in [2.24, 2.45) is 0 Å². The molecule has 1 saturated heterocycles. The first kappa shape index (κ1) is 16.7. The number of rotatable bonds is 7. The van der Waals surface area contributed by atoms with E-state index in [2.05, 4.69) is 38.0 Å². The fourth-order valence-electron chi connectivity index (χ4n) is 2.75. The van der Waals surface area contributed by atoms with E-state index < -0.39 is 0 Å². The predicted octanol–water partition coefficient (Wildman–Crippen LogP) is 3.52. The number of aryl methyl sites for hydroxylation is 1. The standard InChI is InChI=1S/C16H29N3OS/c1-5-9-17-12(2)15-13(3)18-16(21-15)19(4)11-14-8-6-7-10-20-14/h12,14,17H,5-11H2,1-4H3. The minimum Gasteiger partial charge on any atom is -0.376 e. The summed E-state index contributed by atoms with van der Waals surface area (Å²) in [6, 6.07) is 0.385. The van der Waals surface area contributed by atoms with Crippen molar-refractivity contribution in [3.05, 3.63) is 10.6 Å². The highest BCUT2D eigenvalue weighted by Gasteiger charge is 2.20. The highest BCUT2D eigenvalue weighted by molar-refractivity contribution is 7.15. The number of hydrogen-bond acceptors (Lipinski definition) is 5. The van der Waals surface area contributed by atoms with Crippen molar-refractivity contribution in [3.63, 3.8) is 0 Å². The molecule has 2 unspecified atom stereocenters. The fourth-order valence-corrected chi connectivity index (χ4v) is 3.81. The van der Waals surface area contributed by atoms with Crippen molar-refractivity contribution in [3.8, 4) is 0 Å². The van der Waals surface area contributed by atoms with Crippen LogP contribution in [0.2, 0.25) is 0 Å². The Labute approximate surface area is 132 Å². The molecule has 2 rings (SSSR count). The maximum absolute atomic E-state index is 5.83. The van der Waals surface area contributed by atoms with Gasteiger partial charge in [-0.2, -0.15) is 0 Å². The molecule has 0 aromatic carbocycles. The van der Waals surface area contributed by atoms with Crippen LogP contribution >= 0.6 is 11.3 Å². The minimum atomic E-state index is 0.368. The number of nitrogens with zero attached hydrogens (tertiary/aromatic N) is 2. The third-order valence-electron chi connectivity index (χ3n) is 3.99. The number of anilines is 1. The van der Waals surface area contributed by atoms with Gasteiger partial charge in [0, 0.05) is 31.1 Å². The smallest absolute Gasteiger partial charge is 0.185 e. The van der Waals surface area contributed by atoms with Gasteiger partial charge in [-0.05, 0) is 46.1 Å². The zero-order valence-electron chi connectivity index (χ0n) is 13.8. The zero-order chi connectivity index (χ0) is 15.2. The Morgan fingerprint density at radius 2 is 2.29 bits per heavy atom. The normalized spacial score (nSPS) is 20.5. The number of ether oxygens (including phenoxy) is 1. The molecule has 21 heavy (non-hydrogen) atoms. The maximum atomic E-state index is 5.83. The number of thiazole rings is 1. The van der Waals surface area contributed by atoms with Crippen molar-refractivity contribution in [2.75, 3.05) is 31.6 Å². The van der Waals surface area contributed by atoms with Gasteiger partial charge in [0.1, 0.15) is 0 Å². The summed E-state index contributed by atoms with van der Waals surface area (Å²) in [5, 5.41) is 4.66. The Morgan fingerprint density at radius 3 is 2.95 bits per heavy atom. The molecule has 0 aliphatic carbocycles. The van der Waals surface area contributed by atoms with Crippen molar-refractivity contribution in [2.45, 2.75) is 58.6 Å². The molecule has 5 heteroatoms. The highest BCUT2D eigenvalue weighted by Crippen LogP contribution is 2.30. The summed E-state index contributed by atoms with van der Waals surface area (Å²) in [7, 11) is 2.13. The third-order valence-corrected chi connectivity index (χ3v) is 5.45. The van der Waals surface area contributed by atoms with Crippen LogP contribution in [0.1, 0.15) is 56.1 Å². The number of likely N-dealkylation sites (N-methyl/N-ethyl adjacent to an activating group) is 1. The molecule has 0 spiro atoms. The monoisotopic (exact) mass is 311 g/mol. The predicted molar refractivity (Wildman–Crippen MR) is 90.4 cm³/mol. The molecule has 0 saturated carbocycles. The first-order valence-electron chi connectivity index (χ1n) is 8.15. The molecule has 1 aromatic rings. The summed E-state index contributed by atoms with van der Waals surface area (Å²) >= 11 is 1.81. The van der Waals surface area contributed by atoms with Crippen LogP contribution in [0.5, 0.6) is 0 Å². The van der Waals surface area contributed by atoms with E-state index in [4.69, 9.17) is 9.72 Å². The molecule has 0 radical (unpaired) electrons. The van der Waals surface area contributed by atoms with Crippen molar-refractivity contribution >= 4 is 16.5 Å². The molecule has 1 N–H and O–H groups in total. The molecule has 2 atom stereocenters. The van der Waals surface area contributed by atoms with E-state index >= 15 is 0 Å². The first-order chi connectivity index (χ1) is 10.1. The summed E-state index contributed by atoms with van der Waals surface area (Å²) < 4.78 is 5.83. The summed E-state index contributed by atoms with van der Waals surface area (Å²) in [6.07, 6.45) is 5.20. The van der Waals surface area contributed by atoms with Gasteiger partial charge in [0.25, 0.3) is 0 Å². The zero-order valence-corrected chi connectivity index (χ0v) is 14.6. The van der Waals surface area contributed by atoms with Crippen molar-refractivity contribution in [1.29, 1.82) is 0 Å². The lowest BCUT2D eigenvalue weighted by Crippen LogP contribution is -2.33. The molecule has 0 amide bonds. The Hall–Kier alpha value is -0.650. The Morgan fingerprint density at radius 1 is 1.48 bits per heavy atom. The summed E-state index contributed by atoms with van der Waals surface area (Å²) in [4.78, 5) is 8.36. The largest absolute Gasteiger partial charge is 0.376 e. The van der Waals surface area contributed by atoms with Gasteiger partial charge in [0.15, 0.2) is 5.13 Å². The fraction of sp³-hybridized carbons (Fsp3) is 0.812. The van der Waals surface area contributed by atoms with E-state index in [0.717, 1.165) is 36.9 Å². The van der Waals surface area contributed by atoms with Gasteiger partial charge in [-0.3, -0.25) is 0 Å². The molecule has 0 bridgehead atoms. The highest BCUT2D eigenvalue weighted by atomic mass is 32.1. The van der Waals surface area contributed by atoms with E-state index in [0.29, 0.717) is 12.1 Å². The second kappa shape index (κ2) is 8.11. The third kappa shape index (κ3) is 4.66. The average Bonchev–Trinajstić information content (AvgIpc) is 2.88. The van der Waals surface area contributed by atoms with Gasteiger partial charge in [-0.1, -0.05) is 6.92 Å². The lowest BCUT2D eigenvalue weighted by Gasteiger charge is -2.27. The van der Waals surface area contributed by atoms with Crippen LogP contribution in [-0.4, -0.2) is 37.8 Å². The first-order valence-corrected chi connectivity index (χ1v) is 8.97. The van der Waals surface area contributed by atoms with E-state index in [1.54, 1.807) is 0 Å². The Balaban J connectivity index is 1.96. The van der Waals surface area contributed by atoms with E-state index in [1.165, 1.54) is 24.1 Å². The van der Waals surface area contributed by atoms with Crippen LogP contribution in [0.15, 0.2) is 0 Å². The lowest BCUT2D eigenvalue weighted by molar-refractivity contribution is 0.0216. The molecule has 4 nitrogen and oxygen atoms in total. The van der Waals surface area contributed by atoms with E-state index in [9.17, 15) is 0 Å². The van der Waals surface area contributed by atoms with Crippen molar-refractivity contribution < 1.29 is 4.74 Å². The maximum Gasteiger partial charge on any atom is 0.185 e. The molecule has 1 aromatic heterocycles. The molecule has 2 heterocycles. The molecule has 1 fully saturated rings. The quantitative estimate of drug-likeness (QED) is 0.836. The van der Waals surface area contributed by atoms with Crippen LogP contribution in [0.3, 0.4) is 0 Å². The van der Waals surface area contributed by atoms with E-state index in [-0.39, 0.29) is 0 Å². The number of hydrogen-bond donors (Lipinski definition) is 1. The van der Waals surface area contributed by atoms with Crippen LogP contribution in [0.25, 0.3) is 0 Å². The van der Waals surface area contributed by atoms with Crippen LogP contribution < -0.4 is 10.2 Å². The van der Waals surface area contributed by atoms with Gasteiger partial charge in [-0.15, -0.1) is 11.3 Å². The molecular formula is C16H29N3OS. The number of aromatic nitrogens is 1. The Bertz CT molecular complexity index is 429. The van der Waals surface area contributed by atoms with Crippen LogP contribution in [0, 0.1) is 6.92 Å². The van der Waals surface area contributed by atoms with Gasteiger partial charge in [-0.25, -0.2) is 4.98 Å². The van der Waals surface area contributed by atoms with Gasteiger partial charge >= 0.3 is 0 Å². The summed E-state index contributed by atoms with van der Waals surface area (Å²) in [6.45, 7) is 9.46.